The number of hydrogen-bond acceptors (Lipinski definition) is 4. The molecule has 0 bridgehead atoms. The number of piperazine rings is 1. The number of nitrogens with zero attached hydrogens (tertiary/aromatic N) is 2. The van der Waals surface area contributed by atoms with Crippen LogP contribution in [-0.2, 0) is 11.2 Å². The largest absolute Gasteiger partial charge is 0.340 e. The summed E-state index contributed by atoms with van der Waals surface area (Å²) in [5, 5.41) is 9.22. The Bertz CT molecular complexity index is 404. The average Bonchev–Trinajstić information content (AvgIpc) is 2.73. The van der Waals surface area contributed by atoms with Gasteiger partial charge in [0.15, 0.2) is 0 Å². The summed E-state index contributed by atoms with van der Waals surface area (Å²) in [6, 6.07) is 0. The fraction of sp³-hybridized carbons (Fsp3) is 0.667. The Morgan fingerprint density at radius 1 is 1.38 bits per heavy atom. The van der Waals surface area contributed by atoms with Crippen molar-refractivity contribution in [1.82, 2.24) is 25.4 Å². The van der Waals surface area contributed by atoms with Crippen LogP contribution < -0.4 is 11.0 Å². The number of nitrogens with one attached hydrogen (secondary N) is 3. The van der Waals surface area contributed by atoms with Crippen molar-refractivity contribution in [3.8, 4) is 0 Å². The van der Waals surface area contributed by atoms with Gasteiger partial charge < -0.3 is 10.2 Å². The van der Waals surface area contributed by atoms with Crippen molar-refractivity contribution < 1.29 is 4.79 Å². The van der Waals surface area contributed by atoms with E-state index < -0.39 is 0 Å². The third kappa shape index (κ3) is 2.69. The summed E-state index contributed by atoms with van der Waals surface area (Å²) in [7, 11) is 0. The molecule has 1 amide bonds. The minimum absolute atomic E-state index is 0.116. The molecule has 1 aliphatic rings. The van der Waals surface area contributed by atoms with Crippen molar-refractivity contribution in [2.24, 2.45) is 0 Å². The Kier molecular flexibility index (Phi) is 3.35. The Morgan fingerprint density at radius 3 is 2.75 bits per heavy atom. The van der Waals surface area contributed by atoms with E-state index in [1.807, 2.05) is 4.90 Å². The molecule has 1 aromatic rings. The number of amides is 1. The van der Waals surface area contributed by atoms with Crippen LogP contribution in [0.5, 0.6) is 0 Å². The van der Waals surface area contributed by atoms with Gasteiger partial charge in [0, 0.05) is 39.0 Å². The second-order valence-electron chi connectivity index (χ2n) is 3.76. The van der Waals surface area contributed by atoms with E-state index in [1.54, 1.807) is 0 Å². The standard InChI is InChI=1S/C9H15N5O2/c15-8(14-5-3-10-4-6-14)2-1-7-11-9(16)13-12-7/h10H,1-6H2,(H2,11,12,13,16). The molecular weight excluding hydrogens is 210 g/mol. The van der Waals surface area contributed by atoms with Crippen molar-refractivity contribution in [2.45, 2.75) is 12.8 Å². The quantitative estimate of drug-likeness (QED) is 0.581. The number of aromatic nitrogens is 3. The molecule has 1 saturated heterocycles. The van der Waals surface area contributed by atoms with Gasteiger partial charge >= 0.3 is 5.69 Å². The van der Waals surface area contributed by atoms with Crippen LogP contribution in [0, 0.1) is 0 Å². The summed E-state index contributed by atoms with van der Waals surface area (Å²) in [5.74, 6) is 0.652. The number of carbonyl (C=O) groups is 1. The molecule has 2 rings (SSSR count). The van der Waals surface area contributed by atoms with Gasteiger partial charge in [-0.3, -0.25) is 9.78 Å². The first kappa shape index (κ1) is 10.9. The molecule has 7 heteroatoms. The van der Waals surface area contributed by atoms with Gasteiger partial charge in [-0.1, -0.05) is 0 Å². The topological polar surface area (TPSA) is 93.9 Å². The molecule has 16 heavy (non-hydrogen) atoms. The lowest BCUT2D eigenvalue weighted by molar-refractivity contribution is -0.131. The fourth-order valence-electron chi connectivity index (χ4n) is 1.72. The number of carbonyl (C=O) groups excluding carboxylic acids is 1. The highest BCUT2D eigenvalue weighted by atomic mass is 16.2. The Morgan fingerprint density at radius 2 is 2.12 bits per heavy atom. The molecule has 1 aliphatic heterocycles. The van der Waals surface area contributed by atoms with Crippen molar-refractivity contribution in [3.05, 3.63) is 16.3 Å². The summed E-state index contributed by atoms with van der Waals surface area (Å²) < 4.78 is 0. The van der Waals surface area contributed by atoms with E-state index in [1.165, 1.54) is 0 Å². The zero-order valence-corrected chi connectivity index (χ0v) is 8.95. The highest BCUT2D eigenvalue weighted by Gasteiger charge is 2.16. The minimum Gasteiger partial charge on any atom is -0.340 e. The summed E-state index contributed by atoms with van der Waals surface area (Å²) in [6.45, 7) is 3.22. The van der Waals surface area contributed by atoms with Crippen molar-refractivity contribution in [3.63, 3.8) is 0 Å². The predicted molar refractivity (Wildman–Crippen MR) is 57.0 cm³/mol. The number of aryl methyl sites for hydroxylation is 1. The predicted octanol–water partition coefficient (Wildman–Crippen LogP) is -1.54. The zero-order valence-electron chi connectivity index (χ0n) is 8.95. The number of rotatable bonds is 3. The van der Waals surface area contributed by atoms with Gasteiger partial charge in [-0.2, -0.15) is 5.10 Å². The van der Waals surface area contributed by atoms with Crippen LogP contribution in [0.25, 0.3) is 0 Å². The number of hydrogen-bond donors (Lipinski definition) is 3. The number of aromatic amines is 2. The lowest BCUT2D eigenvalue weighted by Crippen LogP contribution is -2.46. The molecule has 88 valence electrons. The Balaban J connectivity index is 1.81. The molecule has 0 aromatic carbocycles. The molecule has 0 radical (unpaired) electrons. The van der Waals surface area contributed by atoms with Crippen molar-refractivity contribution in [1.29, 1.82) is 0 Å². The van der Waals surface area contributed by atoms with Gasteiger partial charge in [0.05, 0.1) is 0 Å². The van der Waals surface area contributed by atoms with Gasteiger partial charge in [-0.25, -0.2) is 9.89 Å². The minimum atomic E-state index is -0.329. The van der Waals surface area contributed by atoms with Crippen LogP contribution in [0.2, 0.25) is 0 Å². The summed E-state index contributed by atoms with van der Waals surface area (Å²) in [4.78, 5) is 26.9. The van der Waals surface area contributed by atoms with Crippen LogP contribution >= 0.6 is 0 Å². The maximum absolute atomic E-state index is 11.7. The van der Waals surface area contributed by atoms with Gasteiger partial charge in [-0.05, 0) is 0 Å². The van der Waals surface area contributed by atoms with Gasteiger partial charge in [0.25, 0.3) is 0 Å². The van der Waals surface area contributed by atoms with Gasteiger partial charge in [0.2, 0.25) is 5.91 Å². The van der Waals surface area contributed by atoms with Crippen LogP contribution in [0.4, 0.5) is 0 Å². The monoisotopic (exact) mass is 225 g/mol. The Hall–Kier alpha value is -1.63. The van der Waals surface area contributed by atoms with E-state index in [0.717, 1.165) is 26.2 Å². The highest BCUT2D eigenvalue weighted by Crippen LogP contribution is 2.00. The third-order valence-corrected chi connectivity index (χ3v) is 2.60. The lowest BCUT2D eigenvalue weighted by Gasteiger charge is -2.27. The van der Waals surface area contributed by atoms with Crippen LogP contribution in [0.15, 0.2) is 4.79 Å². The van der Waals surface area contributed by atoms with E-state index in [9.17, 15) is 9.59 Å². The maximum atomic E-state index is 11.7. The molecule has 1 fully saturated rings. The average molecular weight is 225 g/mol. The first-order valence-corrected chi connectivity index (χ1v) is 5.38. The maximum Gasteiger partial charge on any atom is 0.340 e. The molecule has 2 heterocycles. The first-order chi connectivity index (χ1) is 7.75. The van der Waals surface area contributed by atoms with Crippen molar-refractivity contribution >= 4 is 5.91 Å². The van der Waals surface area contributed by atoms with Crippen molar-refractivity contribution in [2.75, 3.05) is 26.2 Å². The zero-order chi connectivity index (χ0) is 11.4. The molecule has 0 unspecified atom stereocenters. The third-order valence-electron chi connectivity index (χ3n) is 2.60. The molecule has 0 atom stereocenters. The normalized spacial score (nSPS) is 16.4. The van der Waals surface area contributed by atoms with E-state index in [2.05, 4.69) is 20.5 Å². The molecule has 7 nitrogen and oxygen atoms in total. The van der Waals surface area contributed by atoms with Crippen LogP contribution in [0.3, 0.4) is 0 Å². The molecular formula is C9H15N5O2. The second-order valence-corrected chi connectivity index (χ2v) is 3.76. The molecule has 0 saturated carbocycles. The second kappa shape index (κ2) is 4.93. The van der Waals surface area contributed by atoms with E-state index in [-0.39, 0.29) is 11.6 Å². The van der Waals surface area contributed by atoms with E-state index >= 15 is 0 Å². The molecule has 0 aliphatic carbocycles. The summed E-state index contributed by atoms with van der Waals surface area (Å²) in [6.07, 6.45) is 0.863. The van der Waals surface area contributed by atoms with E-state index in [0.29, 0.717) is 18.7 Å². The smallest absolute Gasteiger partial charge is 0.340 e. The van der Waals surface area contributed by atoms with Crippen LogP contribution in [0.1, 0.15) is 12.2 Å². The first-order valence-electron chi connectivity index (χ1n) is 5.38. The molecule has 3 N–H and O–H groups in total. The van der Waals surface area contributed by atoms with Crippen LogP contribution in [-0.4, -0.2) is 52.2 Å². The van der Waals surface area contributed by atoms with E-state index in [4.69, 9.17) is 0 Å². The summed E-state index contributed by atoms with van der Waals surface area (Å²) >= 11 is 0. The molecule has 0 spiro atoms. The highest BCUT2D eigenvalue weighted by molar-refractivity contribution is 5.76. The fourth-order valence-corrected chi connectivity index (χ4v) is 1.72. The number of H-pyrrole nitrogens is 2. The summed E-state index contributed by atoms with van der Waals surface area (Å²) in [5.41, 5.74) is -0.329. The molecule has 1 aromatic heterocycles. The Labute approximate surface area is 92.2 Å². The van der Waals surface area contributed by atoms with Gasteiger partial charge in [-0.15, -0.1) is 0 Å². The lowest BCUT2D eigenvalue weighted by atomic mass is 10.2. The SMILES string of the molecule is O=C(CCc1n[nH]c(=O)[nH]1)N1CCNCC1. The van der Waals surface area contributed by atoms with Gasteiger partial charge in [0.1, 0.15) is 5.82 Å².